The Morgan fingerprint density at radius 1 is 1.23 bits per heavy atom. The van der Waals surface area contributed by atoms with Gasteiger partial charge in [0.1, 0.15) is 5.52 Å². The smallest absolute Gasteiger partial charge is 0.327 e. The number of benzene rings is 1. The number of aromatic nitrogens is 4. The van der Waals surface area contributed by atoms with E-state index in [4.69, 9.17) is 21.3 Å². The number of amides is 1. The summed E-state index contributed by atoms with van der Waals surface area (Å²) in [6.45, 7) is 3.20. The highest BCUT2D eigenvalue weighted by molar-refractivity contribution is 5.82. The van der Waals surface area contributed by atoms with Crippen LogP contribution in [0.2, 0.25) is 0 Å². The van der Waals surface area contributed by atoms with Crippen molar-refractivity contribution in [2.75, 3.05) is 25.4 Å². The predicted molar refractivity (Wildman–Crippen MR) is 130 cm³/mol. The van der Waals surface area contributed by atoms with Gasteiger partial charge in [0.2, 0.25) is 5.91 Å². The van der Waals surface area contributed by atoms with E-state index >= 15 is 0 Å². The number of nitrogens with two attached hydrogens (primary N) is 2. The van der Waals surface area contributed by atoms with Gasteiger partial charge in [-0.15, -0.1) is 0 Å². The van der Waals surface area contributed by atoms with E-state index in [9.17, 15) is 14.4 Å². The molecule has 12 heteroatoms. The van der Waals surface area contributed by atoms with Crippen LogP contribution in [0.5, 0.6) is 6.01 Å². The third kappa shape index (κ3) is 6.79. The van der Waals surface area contributed by atoms with E-state index in [1.807, 2.05) is 13.0 Å². The fourth-order valence-electron chi connectivity index (χ4n) is 3.68. The van der Waals surface area contributed by atoms with E-state index in [1.165, 1.54) is 4.57 Å². The molecule has 188 valence electrons. The average molecular weight is 486 g/mol. The summed E-state index contributed by atoms with van der Waals surface area (Å²) in [5, 5.41) is 9.02. The minimum Gasteiger partial charge on any atom is -0.481 e. The minimum atomic E-state index is -0.926. The number of nitrogens with one attached hydrogen (secondary N) is 1. The number of rotatable bonds is 13. The zero-order chi connectivity index (χ0) is 25.4. The molecule has 0 aliphatic heterocycles. The van der Waals surface area contributed by atoms with E-state index in [1.54, 1.807) is 23.1 Å². The third-order valence-corrected chi connectivity index (χ3v) is 5.42. The molecular weight excluding hydrogens is 454 g/mol. The molecule has 3 rings (SSSR count). The number of nitrogen functional groups attached to an aromatic ring is 1. The van der Waals surface area contributed by atoms with Crippen LogP contribution in [0.15, 0.2) is 29.1 Å². The number of carboxylic acids is 1. The molecule has 0 spiro atoms. The van der Waals surface area contributed by atoms with Crippen LogP contribution in [0.3, 0.4) is 0 Å². The lowest BCUT2D eigenvalue weighted by Gasteiger charge is -2.22. The van der Waals surface area contributed by atoms with Crippen molar-refractivity contribution in [2.24, 2.45) is 5.73 Å². The number of hydrogen-bond acceptors (Lipinski definition) is 8. The normalized spacial score (nSPS) is 11.0. The molecule has 0 aliphatic carbocycles. The first-order chi connectivity index (χ1) is 16.8. The Kier molecular flexibility index (Phi) is 8.79. The van der Waals surface area contributed by atoms with E-state index in [0.29, 0.717) is 36.3 Å². The molecule has 0 fully saturated rings. The second kappa shape index (κ2) is 12.0. The van der Waals surface area contributed by atoms with Gasteiger partial charge in [0.15, 0.2) is 11.5 Å². The number of aliphatic carboxylic acids is 1. The Labute approximate surface area is 201 Å². The number of unbranched alkanes of at least 4 members (excludes halogenated alkanes) is 1. The van der Waals surface area contributed by atoms with E-state index in [0.717, 1.165) is 18.4 Å². The molecule has 0 bridgehead atoms. The molecule has 0 saturated carbocycles. The number of hydrogen-bond donors (Lipinski definition) is 4. The van der Waals surface area contributed by atoms with Crippen molar-refractivity contribution in [3.8, 4) is 6.01 Å². The van der Waals surface area contributed by atoms with Crippen molar-refractivity contribution in [2.45, 2.75) is 45.7 Å². The summed E-state index contributed by atoms with van der Waals surface area (Å²) in [5.41, 5.74) is 13.3. The SMILES string of the molecule is CCCCOc1nc(N)c2[nH]c(=O)n(CCCN(Cc3cccc(CC(=O)O)c3)C(=O)CN)c2n1. The molecule has 0 aliphatic rings. The zero-order valence-electron chi connectivity index (χ0n) is 19.7. The van der Waals surface area contributed by atoms with Crippen molar-refractivity contribution in [3.05, 3.63) is 45.9 Å². The first-order valence-corrected chi connectivity index (χ1v) is 11.5. The Balaban J connectivity index is 1.73. The highest BCUT2D eigenvalue weighted by Gasteiger charge is 2.17. The molecule has 1 aromatic carbocycles. The van der Waals surface area contributed by atoms with Gasteiger partial charge in [-0.25, -0.2) is 4.79 Å². The van der Waals surface area contributed by atoms with Gasteiger partial charge in [-0.05, 0) is 24.0 Å². The highest BCUT2D eigenvalue weighted by Crippen LogP contribution is 2.18. The summed E-state index contributed by atoms with van der Waals surface area (Å²) in [5.74, 6) is -1.05. The molecule has 12 nitrogen and oxygen atoms in total. The Morgan fingerprint density at radius 2 is 2.00 bits per heavy atom. The van der Waals surface area contributed by atoms with Crippen molar-refractivity contribution in [1.82, 2.24) is 24.4 Å². The molecule has 2 aromatic heterocycles. The maximum absolute atomic E-state index is 12.5. The molecule has 3 aromatic rings. The minimum absolute atomic E-state index is 0.0999. The Morgan fingerprint density at radius 3 is 2.71 bits per heavy atom. The summed E-state index contributed by atoms with van der Waals surface area (Å²) in [4.78, 5) is 48.7. The van der Waals surface area contributed by atoms with E-state index < -0.39 is 5.97 Å². The standard InChI is InChI=1S/C23H31N7O5/c1-2-3-10-35-22-27-20(25)19-21(28-22)30(23(34)26-19)9-5-8-29(17(31)13-24)14-16-7-4-6-15(11-16)12-18(32)33/h4,6-7,11H,2-3,5,8-10,12-14,24H2,1H3,(H,26,34)(H,32,33)(H2,25,27,28). The van der Waals surface area contributed by atoms with Crippen LogP contribution in [0.4, 0.5) is 5.82 Å². The van der Waals surface area contributed by atoms with Crippen molar-refractivity contribution < 1.29 is 19.4 Å². The monoisotopic (exact) mass is 485 g/mol. The van der Waals surface area contributed by atoms with Crippen LogP contribution in [0, 0.1) is 0 Å². The van der Waals surface area contributed by atoms with Crippen molar-refractivity contribution in [1.29, 1.82) is 0 Å². The number of imidazole rings is 1. The van der Waals surface area contributed by atoms with Crippen molar-refractivity contribution in [3.63, 3.8) is 0 Å². The van der Waals surface area contributed by atoms with Crippen LogP contribution in [0.25, 0.3) is 11.2 Å². The van der Waals surface area contributed by atoms with Crippen LogP contribution in [-0.2, 0) is 29.1 Å². The number of H-pyrrole nitrogens is 1. The van der Waals surface area contributed by atoms with Crippen LogP contribution < -0.4 is 21.9 Å². The lowest BCUT2D eigenvalue weighted by Crippen LogP contribution is -2.37. The van der Waals surface area contributed by atoms with Crippen LogP contribution in [0.1, 0.15) is 37.3 Å². The summed E-state index contributed by atoms with van der Waals surface area (Å²) in [6.07, 6.45) is 2.14. The number of carbonyl (C=O) groups excluding carboxylic acids is 1. The second-order valence-electron chi connectivity index (χ2n) is 8.14. The first-order valence-electron chi connectivity index (χ1n) is 11.5. The number of nitrogens with zero attached hydrogens (tertiary/aromatic N) is 4. The van der Waals surface area contributed by atoms with E-state index in [-0.39, 0.29) is 49.5 Å². The summed E-state index contributed by atoms with van der Waals surface area (Å²) in [6, 6.07) is 7.18. The van der Waals surface area contributed by atoms with Crippen LogP contribution >= 0.6 is 0 Å². The van der Waals surface area contributed by atoms with Gasteiger partial charge < -0.3 is 31.2 Å². The number of ether oxygens (including phenoxy) is 1. The maximum Gasteiger partial charge on any atom is 0.327 e. The first kappa shape index (κ1) is 25.7. The average Bonchev–Trinajstić information content (AvgIpc) is 3.13. The Bertz CT molecular complexity index is 1240. The number of aryl methyl sites for hydroxylation is 1. The highest BCUT2D eigenvalue weighted by atomic mass is 16.5. The quantitative estimate of drug-likeness (QED) is 0.255. The topological polar surface area (TPSA) is 182 Å². The van der Waals surface area contributed by atoms with Gasteiger partial charge in [-0.3, -0.25) is 14.2 Å². The molecule has 2 heterocycles. The number of carboxylic acid groups (broad SMARTS) is 1. The largest absolute Gasteiger partial charge is 0.481 e. The molecular formula is C23H31N7O5. The number of aromatic amines is 1. The lowest BCUT2D eigenvalue weighted by molar-refractivity contribution is -0.136. The van der Waals surface area contributed by atoms with Crippen molar-refractivity contribution >= 4 is 28.9 Å². The maximum atomic E-state index is 12.5. The number of fused-ring (bicyclic) bond motifs is 1. The number of carbonyl (C=O) groups is 2. The third-order valence-electron chi connectivity index (χ3n) is 5.42. The zero-order valence-corrected chi connectivity index (χ0v) is 19.7. The fraction of sp³-hybridized carbons (Fsp3) is 0.435. The molecule has 0 atom stereocenters. The Hall–Kier alpha value is -3.93. The molecule has 0 unspecified atom stereocenters. The molecule has 1 amide bonds. The molecule has 6 N–H and O–H groups in total. The molecule has 0 saturated heterocycles. The second-order valence-corrected chi connectivity index (χ2v) is 8.14. The fourth-order valence-corrected chi connectivity index (χ4v) is 3.68. The summed E-state index contributed by atoms with van der Waals surface area (Å²) < 4.78 is 7.00. The van der Waals surface area contributed by atoms with Crippen LogP contribution in [-0.4, -0.2) is 61.1 Å². The number of anilines is 1. The van der Waals surface area contributed by atoms with Gasteiger partial charge in [0, 0.05) is 19.6 Å². The van der Waals surface area contributed by atoms with Gasteiger partial charge in [-0.2, -0.15) is 9.97 Å². The van der Waals surface area contributed by atoms with Gasteiger partial charge in [0.25, 0.3) is 0 Å². The molecule has 0 radical (unpaired) electrons. The predicted octanol–water partition coefficient (Wildman–Crippen LogP) is 0.885. The lowest BCUT2D eigenvalue weighted by atomic mass is 10.1. The summed E-state index contributed by atoms with van der Waals surface area (Å²) in [7, 11) is 0. The van der Waals surface area contributed by atoms with Gasteiger partial charge >= 0.3 is 17.7 Å². The van der Waals surface area contributed by atoms with Gasteiger partial charge in [0.05, 0.1) is 19.6 Å². The summed E-state index contributed by atoms with van der Waals surface area (Å²) >= 11 is 0. The van der Waals surface area contributed by atoms with E-state index in [2.05, 4.69) is 15.0 Å². The molecule has 35 heavy (non-hydrogen) atoms. The van der Waals surface area contributed by atoms with Gasteiger partial charge in [-0.1, -0.05) is 37.6 Å².